The summed E-state index contributed by atoms with van der Waals surface area (Å²) in [6, 6.07) is 7.23. The van der Waals surface area contributed by atoms with Crippen LogP contribution >= 0.6 is 11.6 Å². The Bertz CT molecular complexity index is 1110. The standard InChI is InChI=1S/C20H18ClFN2O5/c1-24-15-5-6-17(29-2)18(21)12(15)8-16(24)19(26)23-14(9-25)11-4-3-10(20(27)28)7-13(11)22/h3-8,14,25H,9H2,1-2H3,(H,23,26)(H,27,28)/t14-/m1/s1. The lowest BCUT2D eigenvalue weighted by atomic mass is 10.0. The molecule has 1 atom stereocenters. The molecular weight excluding hydrogens is 403 g/mol. The van der Waals surface area contributed by atoms with Crippen LogP contribution in [0.3, 0.4) is 0 Å². The van der Waals surface area contributed by atoms with Crippen LogP contribution in [0.5, 0.6) is 5.75 Å². The number of aliphatic hydroxyl groups excluding tert-OH is 1. The number of carboxylic acid groups (broad SMARTS) is 1. The SMILES string of the molecule is COc1ccc2c(cc(C(=O)N[C@H](CO)c3ccc(C(=O)O)cc3F)n2C)c1Cl. The van der Waals surface area contributed by atoms with Crippen molar-refractivity contribution in [1.82, 2.24) is 9.88 Å². The van der Waals surface area contributed by atoms with E-state index < -0.39 is 30.3 Å². The van der Waals surface area contributed by atoms with E-state index in [2.05, 4.69) is 5.32 Å². The van der Waals surface area contributed by atoms with Gasteiger partial charge < -0.3 is 24.8 Å². The van der Waals surface area contributed by atoms with E-state index >= 15 is 0 Å². The lowest BCUT2D eigenvalue weighted by molar-refractivity contribution is 0.0695. The van der Waals surface area contributed by atoms with Gasteiger partial charge in [0.25, 0.3) is 5.91 Å². The van der Waals surface area contributed by atoms with Crippen molar-refractivity contribution in [2.24, 2.45) is 7.05 Å². The predicted octanol–water partition coefficient (Wildman–Crippen LogP) is 3.14. The highest BCUT2D eigenvalue weighted by Gasteiger charge is 2.22. The van der Waals surface area contributed by atoms with Gasteiger partial charge in [-0.3, -0.25) is 4.79 Å². The fourth-order valence-corrected chi connectivity index (χ4v) is 3.42. The molecule has 29 heavy (non-hydrogen) atoms. The predicted molar refractivity (Wildman–Crippen MR) is 105 cm³/mol. The number of aliphatic hydroxyl groups is 1. The number of hydrogen-bond acceptors (Lipinski definition) is 4. The van der Waals surface area contributed by atoms with Crippen molar-refractivity contribution in [2.75, 3.05) is 13.7 Å². The van der Waals surface area contributed by atoms with E-state index in [1.807, 2.05) is 0 Å². The molecule has 152 valence electrons. The summed E-state index contributed by atoms with van der Waals surface area (Å²) in [4.78, 5) is 23.8. The smallest absolute Gasteiger partial charge is 0.335 e. The second-order valence-corrected chi connectivity index (χ2v) is 6.73. The fourth-order valence-electron chi connectivity index (χ4n) is 3.13. The molecule has 0 bridgehead atoms. The summed E-state index contributed by atoms with van der Waals surface area (Å²) < 4.78 is 21.1. The topological polar surface area (TPSA) is 101 Å². The quantitative estimate of drug-likeness (QED) is 0.568. The minimum Gasteiger partial charge on any atom is -0.495 e. The molecule has 3 N–H and O–H groups in total. The van der Waals surface area contributed by atoms with E-state index in [-0.39, 0.29) is 16.8 Å². The van der Waals surface area contributed by atoms with E-state index in [4.69, 9.17) is 21.4 Å². The molecule has 1 aromatic heterocycles. The number of amides is 1. The second-order valence-electron chi connectivity index (χ2n) is 6.35. The molecule has 0 fully saturated rings. The van der Waals surface area contributed by atoms with Gasteiger partial charge >= 0.3 is 5.97 Å². The lowest BCUT2D eigenvalue weighted by Gasteiger charge is -2.18. The molecule has 1 amide bonds. The third-order valence-corrected chi connectivity index (χ3v) is 5.08. The number of benzene rings is 2. The van der Waals surface area contributed by atoms with E-state index in [1.54, 1.807) is 29.8 Å². The molecule has 0 radical (unpaired) electrons. The van der Waals surface area contributed by atoms with Gasteiger partial charge in [0.15, 0.2) is 0 Å². The van der Waals surface area contributed by atoms with Gasteiger partial charge in [-0.15, -0.1) is 0 Å². The Morgan fingerprint density at radius 3 is 2.59 bits per heavy atom. The maximum Gasteiger partial charge on any atom is 0.335 e. The van der Waals surface area contributed by atoms with Crippen LogP contribution in [-0.4, -0.2) is 40.4 Å². The van der Waals surface area contributed by atoms with Crippen LogP contribution in [0, 0.1) is 5.82 Å². The lowest BCUT2D eigenvalue weighted by Crippen LogP contribution is -2.32. The Balaban J connectivity index is 1.93. The van der Waals surface area contributed by atoms with Crippen LogP contribution in [0.1, 0.15) is 32.5 Å². The number of carbonyl (C=O) groups excluding carboxylic acids is 1. The molecule has 2 aromatic carbocycles. The number of aromatic carboxylic acids is 1. The van der Waals surface area contributed by atoms with Crippen molar-refractivity contribution in [3.05, 3.63) is 64.1 Å². The Morgan fingerprint density at radius 2 is 2.00 bits per heavy atom. The average molecular weight is 421 g/mol. The number of methoxy groups -OCH3 is 1. The van der Waals surface area contributed by atoms with Crippen molar-refractivity contribution in [2.45, 2.75) is 6.04 Å². The van der Waals surface area contributed by atoms with Crippen molar-refractivity contribution < 1.29 is 28.9 Å². The Hall–Kier alpha value is -3.10. The van der Waals surface area contributed by atoms with Crippen molar-refractivity contribution in [3.63, 3.8) is 0 Å². The Labute approximate surface area is 170 Å². The minimum absolute atomic E-state index is 0.0238. The van der Waals surface area contributed by atoms with Gasteiger partial charge in [-0.2, -0.15) is 0 Å². The zero-order valence-corrected chi connectivity index (χ0v) is 16.3. The number of nitrogens with one attached hydrogen (secondary N) is 1. The van der Waals surface area contributed by atoms with Gasteiger partial charge in [0.2, 0.25) is 0 Å². The van der Waals surface area contributed by atoms with Gasteiger partial charge in [-0.1, -0.05) is 17.7 Å². The van der Waals surface area contributed by atoms with Crippen LogP contribution in [0.25, 0.3) is 10.9 Å². The third kappa shape index (κ3) is 3.76. The average Bonchev–Trinajstić information content (AvgIpc) is 3.04. The number of ether oxygens (including phenoxy) is 1. The molecule has 0 aliphatic carbocycles. The molecule has 1 heterocycles. The number of nitrogens with zero attached hydrogens (tertiary/aromatic N) is 1. The molecular formula is C20H18ClFN2O5. The molecule has 0 aliphatic rings. The van der Waals surface area contributed by atoms with Gasteiger partial charge in [0.1, 0.15) is 17.3 Å². The summed E-state index contributed by atoms with van der Waals surface area (Å²) in [5.41, 5.74) is 0.686. The molecule has 0 saturated carbocycles. The Morgan fingerprint density at radius 1 is 1.28 bits per heavy atom. The molecule has 3 rings (SSSR count). The van der Waals surface area contributed by atoms with E-state index in [1.165, 1.54) is 19.2 Å². The summed E-state index contributed by atoms with van der Waals surface area (Å²) >= 11 is 6.31. The number of carbonyl (C=O) groups is 2. The molecule has 3 aromatic rings. The zero-order chi connectivity index (χ0) is 21.3. The maximum absolute atomic E-state index is 14.3. The van der Waals surface area contributed by atoms with Crippen LogP contribution < -0.4 is 10.1 Å². The van der Waals surface area contributed by atoms with E-state index in [0.717, 1.165) is 6.07 Å². The number of carboxylic acids is 1. The first kappa shape index (κ1) is 20.6. The number of rotatable bonds is 6. The highest BCUT2D eigenvalue weighted by molar-refractivity contribution is 6.37. The molecule has 0 spiro atoms. The number of halogens is 2. The van der Waals surface area contributed by atoms with Crippen molar-refractivity contribution in [1.29, 1.82) is 0 Å². The van der Waals surface area contributed by atoms with Crippen molar-refractivity contribution >= 4 is 34.4 Å². The summed E-state index contributed by atoms with van der Waals surface area (Å²) in [6.07, 6.45) is 0. The van der Waals surface area contributed by atoms with Gasteiger partial charge in [-0.05, 0) is 30.3 Å². The highest BCUT2D eigenvalue weighted by Crippen LogP contribution is 2.34. The first-order chi connectivity index (χ1) is 13.8. The summed E-state index contributed by atoms with van der Waals surface area (Å²) in [6.45, 7) is -0.576. The van der Waals surface area contributed by atoms with Gasteiger partial charge in [0.05, 0.1) is 35.9 Å². The monoisotopic (exact) mass is 420 g/mol. The number of fused-ring (bicyclic) bond motifs is 1. The maximum atomic E-state index is 14.3. The Kier molecular flexibility index (Phi) is 5.76. The first-order valence-corrected chi connectivity index (χ1v) is 8.92. The normalized spacial score (nSPS) is 12.0. The van der Waals surface area contributed by atoms with Gasteiger partial charge in [0, 0.05) is 18.0 Å². The minimum atomic E-state index is -1.28. The van der Waals surface area contributed by atoms with Crippen LogP contribution in [0.2, 0.25) is 5.02 Å². The third-order valence-electron chi connectivity index (χ3n) is 4.69. The number of hydrogen-bond donors (Lipinski definition) is 3. The largest absolute Gasteiger partial charge is 0.495 e. The highest BCUT2D eigenvalue weighted by atomic mass is 35.5. The zero-order valence-electron chi connectivity index (χ0n) is 15.6. The van der Waals surface area contributed by atoms with E-state index in [0.29, 0.717) is 21.7 Å². The molecule has 0 aliphatic heterocycles. The van der Waals surface area contributed by atoms with Gasteiger partial charge in [-0.25, -0.2) is 9.18 Å². The summed E-state index contributed by atoms with van der Waals surface area (Å²) in [5.74, 6) is -2.21. The number of aryl methyl sites for hydroxylation is 1. The van der Waals surface area contributed by atoms with Crippen LogP contribution in [0.15, 0.2) is 36.4 Å². The summed E-state index contributed by atoms with van der Waals surface area (Å²) in [7, 11) is 3.16. The second kappa shape index (κ2) is 8.10. The molecule has 0 unspecified atom stereocenters. The fraction of sp³-hybridized carbons (Fsp3) is 0.200. The van der Waals surface area contributed by atoms with E-state index in [9.17, 15) is 19.1 Å². The van der Waals surface area contributed by atoms with Crippen molar-refractivity contribution in [3.8, 4) is 5.75 Å². The molecule has 0 saturated heterocycles. The molecule has 9 heteroatoms. The first-order valence-electron chi connectivity index (χ1n) is 8.54. The molecule has 7 nitrogen and oxygen atoms in total. The summed E-state index contributed by atoms with van der Waals surface area (Å²) in [5, 5.41) is 22.1. The van der Waals surface area contributed by atoms with Crippen LogP contribution in [0.4, 0.5) is 4.39 Å². The number of aromatic nitrogens is 1. The van der Waals surface area contributed by atoms with Crippen LogP contribution in [-0.2, 0) is 7.05 Å².